The van der Waals surface area contributed by atoms with E-state index < -0.39 is 6.10 Å². The van der Waals surface area contributed by atoms with Gasteiger partial charge in [-0.1, -0.05) is 13.8 Å². The topological polar surface area (TPSA) is 64.6 Å². The quantitative estimate of drug-likeness (QED) is 0.674. The van der Waals surface area contributed by atoms with Gasteiger partial charge in [0.15, 0.2) is 23.0 Å². The lowest BCUT2D eigenvalue weighted by atomic mass is 9.70. The van der Waals surface area contributed by atoms with Crippen LogP contribution in [-0.4, -0.2) is 54.9 Å². The Kier molecular flexibility index (Phi) is 5.83. The summed E-state index contributed by atoms with van der Waals surface area (Å²) in [7, 11) is 9.85. The summed E-state index contributed by atoms with van der Waals surface area (Å²) in [5, 5.41) is 0. The average molecular weight is 433 g/mol. The van der Waals surface area contributed by atoms with Gasteiger partial charge in [0, 0.05) is 18.6 Å². The molecule has 0 radical (unpaired) electrons. The first kappa shape index (κ1) is 21.8. The number of hydrogen-bond acceptors (Lipinski definition) is 7. The van der Waals surface area contributed by atoms with E-state index >= 15 is 0 Å². The summed E-state index contributed by atoms with van der Waals surface area (Å²) in [6.45, 7) is 4.47. The van der Waals surface area contributed by atoms with Crippen LogP contribution < -0.4 is 14.2 Å². The molecule has 6 unspecified atom stereocenters. The molecule has 7 nitrogen and oxygen atoms in total. The molecule has 0 aromatic heterocycles. The fraction of sp³-hybridized carbons (Fsp3) is 0.583. The van der Waals surface area contributed by atoms with Crippen LogP contribution in [0.4, 0.5) is 0 Å². The Hall–Kier alpha value is -2.38. The molecule has 7 heteroatoms. The largest absolute Gasteiger partial charge is 0.494 e. The van der Waals surface area contributed by atoms with Crippen LogP contribution in [0.2, 0.25) is 0 Å². The molecule has 3 aliphatic rings. The number of benzene rings is 1. The summed E-state index contributed by atoms with van der Waals surface area (Å²) >= 11 is 0. The van der Waals surface area contributed by atoms with Crippen LogP contribution in [0, 0.1) is 11.8 Å². The second kappa shape index (κ2) is 8.28. The second-order valence-electron chi connectivity index (χ2n) is 8.26. The lowest BCUT2D eigenvalue weighted by Gasteiger charge is -2.38. The van der Waals surface area contributed by atoms with Crippen molar-refractivity contribution in [2.45, 2.75) is 38.1 Å². The van der Waals surface area contributed by atoms with Crippen LogP contribution in [0.3, 0.4) is 0 Å². The van der Waals surface area contributed by atoms with E-state index in [2.05, 4.69) is 13.8 Å². The number of ether oxygens (including phenoxy) is 7. The summed E-state index contributed by atoms with van der Waals surface area (Å²) in [6.07, 6.45) is 1.45. The predicted molar refractivity (Wildman–Crippen MR) is 115 cm³/mol. The van der Waals surface area contributed by atoms with Crippen molar-refractivity contribution in [3.8, 4) is 17.2 Å². The Balaban J connectivity index is 2.08. The van der Waals surface area contributed by atoms with Crippen LogP contribution in [0.25, 0.3) is 0 Å². The van der Waals surface area contributed by atoms with Crippen LogP contribution in [0.5, 0.6) is 17.2 Å². The molecule has 1 aromatic carbocycles. The smallest absolute Gasteiger partial charge is 0.203 e. The van der Waals surface area contributed by atoms with Gasteiger partial charge < -0.3 is 33.2 Å². The molecule has 31 heavy (non-hydrogen) atoms. The molecule has 1 aromatic rings. The van der Waals surface area contributed by atoms with E-state index in [1.807, 2.05) is 12.1 Å². The lowest BCUT2D eigenvalue weighted by molar-refractivity contribution is 0.0319. The van der Waals surface area contributed by atoms with Crippen molar-refractivity contribution < 1.29 is 33.2 Å². The standard InChI is InChI=1S/C24H32O7/c1-11-12(2)20-14-10-16(26-4)22(28-6)24(30-8)18(14)17-13(19(11)31-20)9-15(25-3)21(27-5)23(17)29-7/h9-12,17,19-20,23H,1-8H3. The van der Waals surface area contributed by atoms with E-state index in [0.29, 0.717) is 40.6 Å². The van der Waals surface area contributed by atoms with E-state index in [1.165, 1.54) is 0 Å². The molecule has 2 bridgehead atoms. The Morgan fingerprint density at radius 1 is 0.774 bits per heavy atom. The Bertz CT molecular complexity index is 919. The molecule has 170 valence electrons. The van der Waals surface area contributed by atoms with Crippen molar-refractivity contribution in [3.63, 3.8) is 0 Å². The molecular formula is C24H32O7. The first-order valence-corrected chi connectivity index (χ1v) is 10.5. The SMILES string of the molecule is COC1=C(OC)C(OC)C2C(=C1)C1OC(c3cc(OC)c(OC)c(OC)c32)C(C)C1C. The molecular weight excluding hydrogens is 400 g/mol. The van der Waals surface area contributed by atoms with Crippen molar-refractivity contribution >= 4 is 0 Å². The van der Waals surface area contributed by atoms with Gasteiger partial charge in [-0.2, -0.15) is 0 Å². The molecule has 1 aliphatic carbocycles. The zero-order valence-electron chi connectivity index (χ0n) is 19.5. The first-order chi connectivity index (χ1) is 15.0. The Morgan fingerprint density at radius 3 is 2.00 bits per heavy atom. The predicted octanol–water partition coefficient (Wildman–Crippen LogP) is 3.98. The molecule has 1 saturated heterocycles. The molecule has 0 amide bonds. The summed E-state index contributed by atoms with van der Waals surface area (Å²) in [4.78, 5) is 0. The van der Waals surface area contributed by atoms with Gasteiger partial charge in [-0.15, -0.1) is 0 Å². The van der Waals surface area contributed by atoms with E-state index in [-0.39, 0.29) is 18.1 Å². The number of hydrogen-bond donors (Lipinski definition) is 0. The summed E-state index contributed by atoms with van der Waals surface area (Å²) in [5.41, 5.74) is 3.10. The minimum atomic E-state index is -0.406. The Morgan fingerprint density at radius 2 is 1.45 bits per heavy atom. The molecule has 0 saturated carbocycles. The average Bonchev–Trinajstić information content (AvgIpc) is 3.01. The van der Waals surface area contributed by atoms with Gasteiger partial charge in [-0.05, 0) is 35.1 Å². The zero-order valence-corrected chi connectivity index (χ0v) is 19.5. The van der Waals surface area contributed by atoms with Gasteiger partial charge in [-0.25, -0.2) is 0 Å². The third-order valence-corrected chi connectivity index (χ3v) is 7.08. The van der Waals surface area contributed by atoms with Gasteiger partial charge in [0.1, 0.15) is 6.10 Å². The molecule has 6 atom stereocenters. The summed E-state index contributed by atoms with van der Waals surface area (Å²) in [6, 6.07) is 2.02. The lowest BCUT2D eigenvalue weighted by Crippen LogP contribution is -2.36. The molecule has 0 N–H and O–H groups in total. The maximum absolute atomic E-state index is 6.68. The highest BCUT2D eigenvalue weighted by Crippen LogP contribution is 2.60. The van der Waals surface area contributed by atoms with Crippen molar-refractivity contribution in [3.05, 3.63) is 40.4 Å². The van der Waals surface area contributed by atoms with Crippen LogP contribution in [-0.2, 0) is 18.9 Å². The van der Waals surface area contributed by atoms with Crippen molar-refractivity contribution in [2.24, 2.45) is 11.8 Å². The van der Waals surface area contributed by atoms with Crippen LogP contribution in [0.15, 0.2) is 29.2 Å². The maximum Gasteiger partial charge on any atom is 0.203 e. The van der Waals surface area contributed by atoms with Crippen molar-refractivity contribution in [1.82, 2.24) is 0 Å². The van der Waals surface area contributed by atoms with Gasteiger partial charge in [-0.3, -0.25) is 0 Å². The molecule has 1 fully saturated rings. The first-order valence-electron chi connectivity index (χ1n) is 10.5. The third-order valence-electron chi connectivity index (χ3n) is 7.08. The normalized spacial score (nSPS) is 31.3. The van der Waals surface area contributed by atoms with E-state index in [4.69, 9.17) is 33.2 Å². The van der Waals surface area contributed by atoms with Gasteiger partial charge in [0.2, 0.25) is 5.75 Å². The van der Waals surface area contributed by atoms with Crippen LogP contribution in [0.1, 0.15) is 37.0 Å². The molecule has 4 rings (SSSR count). The van der Waals surface area contributed by atoms with Crippen molar-refractivity contribution in [1.29, 1.82) is 0 Å². The number of fused-ring (bicyclic) bond motifs is 7. The van der Waals surface area contributed by atoms with Gasteiger partial charge >= 0.3 is 0 Å². The highest BCUT2D eigenvalue weighted by Gasteiger charge is 2.53. The minimum Gasteiger partial charge on any atom is -0.494 e. The fourth-order valence-corrected chi connectivity index (χ4v) is 5.42. The van der Waals surface area contributed by atoms with Crippen molar-refractivity contribution in [2.75, 3.05) is 42.7 Å². The molecule has 2 heterocycles. The number of allylic oxidation sites excluding steroid dienone is 1. The van der Waals surface area contributed by atoms with Crippen LogP contribution >= 0.6 is 0 Å². The second-order valence-corrected chi connectivity index (χ2v) is 8.26. The minimum absolute atomic E-state index is 0.0831. The van der Waals surface area contributed by atoms with E-state index in [0.717, 1.165) is 16.7 Å². The highest BCUT2D eigenvalue weighted by molar-refractivity contribution is 5.65. The Labute approximate surface area is 183 Å². The van der Waals surface area contributed by atoms with E-state index in [1.54, 1.807) is 42.7 Å². The molecule has 0 spiro atoms. The van der Waals surface area contributed by atoms with Gasteiger partial charge in [0.25, 0.3) is 0 Å². The van der Waals surface area contributed by atoms with Gasteiger partial charge in [0.05, 0.1) is 47.8 Å². The monoisotopic (exact) mass is 432 g/mol. The summed E-state index contributed by atoms with van der Waals surface area (Å²) in [5.74, 6) is 3.50. The maximum atomic E-state index is 6.68. The molecule has 2 aliphatic heterocycles. The zero-order chi connectivity index (χ0) is 22.4. The van der Waals surface area contributed by atoms with E-state index in [9.17, 15) is 0 Å². The number of methoxy groups -OCH3 is 6. The third kappa shape index (κ3) is 3.01. The number of rotatable bonds is 6. The summed E-state index contributed by atoms with van der Waals surface area (Å²) < 4.78 is 41.4. The fourth-order valence-electron chi connectivity index (χ4n) is 5.42. The highest BCUT2D eigenvalue weighted by atomic mass is 16.5.